The van der Waals surface area contributed by atoms with E-state index in [0.29, 0.717) is 5.56 Å². The molecule has 0 saturated heterocycles. The summed E-state index contributed by atoms with van der Waals surface area (Å²) >= 11 is 0. The number of hydrogen-bond donors (Lipinski definition) is 1. The van der Waals surface area contributed by atoms with Crippen LogP contribution in [-0.4, -0.2) is 15.0 Å². The molecule has 92 valence electrons. The second kappa shape index (κ2) is 4.21. The molecule has 0 aliphatic heterocycles. The molecule has 0 aromatic carbocycles. The topological polar surface area (TPSA) is 65.4 Å². The Balaban J connectivity index is 2.39. The zero-order valence-corrected chi connectivity index (χ0v) is 10.7. The summed E-state index contributed by atoms with van der Waals surface area (Å²) in [6.45, 7) is 3.87. The minimum Gasteiger partial charge on any atom is -0.346 e. The number of hydrogen-bond acceptors (Lipinski definition) is 3. The average Bonchev–Trinajstić information content (AvgIpc) is 2.85. The second-order valence-electron chi connectivity index (χ2n) is 4.51. The molecular weight excluding hydrogens is 236 g/mol. The molecule has 1 N–H and O–H groups in total. The Bertz CT molecular complexity index is 809. The van der Waals surface area contributed by atoms with Crippen LogP contribution in [0.15, 0.2) is 30.6 Å². The lowest BCUT2D eigenvalue weighted by Gasteiger charge is -2.08. The molecule has 4 nitrogen and oxygen atoms in total. The summed E-state index contributed by atoms with van der Waals surface area (Å²) in [6, 6.07) is 8.04. The number of pyridine rings is 2. The molecule has 0 radical (unpaired) electrons. The molecule has 4 heteroatoms. The fraction of sp³-hybridized carbons (Fsp3) is 0.133. The molecule has 0 aliphatic rings. The van der Waals surface area contributed by atoms with Crippen LogP contribution in [0.25, 0.3) is 22.3 Å². The van der Waals surface area contributed by atoms with Gasteiger partial charge in [-0.15, -0.1) is 0 Å². The lowest BCUT2D eigenvalue weighted by molar-refractivity contribution is 1.17. The van der Waals surface area contributed by atoms with Crippen molar-refractivity contribution in [3.63, 3.8) is 0 Å². The molecule has 0 saturated carbocycles. The second-order valence-corrected chi connectivity index (χ2v) is 4.51. The van der Waals surface area contributed by atoms with Gasteiger partial charge in [-0.2, -0.15) is 5.26 Å². The highest BCUT2D eigenvalue weighted by Crippen LogP contribution is 2.29. The highest BCUT2D eigenvalue weighted by atomic mass is 14.8. The number of aromatic amines is 1. The van der Waals surface area contributed by atoms with E-state index in [0.717, 1.165) is 33.5 Å². The average molecular weight is 248 g/mol. The van der Waals surface area contributed by atoms with Crippen LogP contribution in [0.2, 0.25) is 0 Å². The van der Waals surface area contributed by atoms with Gasteiger partial charge >= 0.3 is 0 Å². The number of aryl methyl sites for hydroxylation is 2. The number of nitriles is 1. The van der Waals surface area contributed by atoms with Crippen LogP contribution in [0.1, 0.15) is 16.8 Å². The Kier molecular flexibility index (Phi) is 2.53. The summed E-state index contributed by atoms with van der Waals surface area (Å²) in [5, 5.41) is 10.3. The van der Waals surface area contributed by atoms with Crippen LogP contribution in [0, 0.1) is 25.2 Å². The van der Waals surface area contributed by atoms with Crippen molar-refractivity contribution in [3.05, 3.63) is 47.4 Å². The first-order valence-corrected chi connectivity index (χ1v) is 6.01. The van der Waals surface area contributed by atoms with E-state index in [4.69, 9.17) is 0 Å². The van der Waals surface area contributed by atoms with Crippen LogP contribution >= 0.6 is 0 Å². The van der Waals surface area contributed by atoms with E-state index in [1.54, 1.807) is 6.20 Å². The molecule has 0 amide bonds. The third-order valence-corrected chi connectivity index (χ3v) is 3.17. The monoisotopic (exact) mass is 248 g/mol. The van der Waals surface area contributed by atoms with Crippen molar-refractivity contribution in [2.75, 3.05) is 0 Å². The van der Waals surface area contributed by atoms with E-state index in [2.05, 4.69) is 21.0 Å². The third-order valence-electron chi connectivity index (χ3n) is 3.17. The van der Waals surface area contributed by atoms with Crippen LogP contribution in [0.3, 0.4) is 0 Å². The summed E-state index contributed by atoms with van der Waals surface area (Å²) < 4.78 is 0. The van der Waals surface area contributed by atoms with Crippen LogP contribution in [0.4, 0.5) is 0 Å². The molecule has 3 aromatic rings. The van der Waals surface area contributed by atoms with Crippen molar-refractivity contribution in [2.45, 2.75) is 13.8 Å². The van der Waals surface area contributed by atoms with E-state index in [-0.39, 0.29) is 0 Å². The van der Waals surface area contributed by atoms with E-state index in [1.165, 1.54) is 0 Å². The highest BCUT2D eigenvalue weighted by molar-refractivity contribution is 5.93. The smallest absolute Gasteiger partial charge is 0.137 e. The maximum absolute atomic E-state index is 9.36. The molecule has 0 unspecified atom stereocenters. The zero-order chi connectivity index (χ0) is 13.4. The summed E-state index contributed by atoms with van der Waals surface area (Å²) in [5.74, 6) is 0. The third kappa shape index (κ3) is 1.76. The Hall–Kier alpha value is -2.67. The minimum absolute atomic E-state index is 0.624. The summed E-state index contributed by atoms with van der Waals surface area (Å²) in [6.07, 6.45) is 3.57. The Morgan fingerprint density at radius 2 is 2.11 bits per heavy atom. The number of nitrogens with one attached hydrogen (secondary N) is 1. The van der Waals surface area contributed by atoms with Gasteiger partial charge in [0, 0.05) is 29.0 Å². The molecule has 0 bridgehead atoms. The van der Waals surface area contributed by atoms with E-state index in [1.807, 2.05) is 38.2 Å². The molecule has 0 fully saturated rings. The van der Waals surface area contributed by atoms with Gasteiger partial charge in [0.2, 0.25) is 0 Å². The molecule has 0 atom stereocenters. The quantitative estimate of drug-likeness (QED) is 0.719. The predicted molar refractivity (Wildman–Crippen MR) is 73.5 cm³/mol. The first-order chi connectivity index (χ1) is 9.20. The maximum atomic E-state index is 9.36. The van der Waals surface area contributed by atoms with Crippen molar-refractivity contribution in [1.29, 1.82) is 5.26 Å². The maximum Gasteiger partial charge on any atom is 0.137 e. The van der Waals surface area contributed by atoms with Crippen molar-refractivity contribution < 1.29 is 0 Å². The standard InChI is InChI=1S/C15H12N4/c1-9-7-10(2)19-14(13(9)8-16)11-3-5-17-15-12(11)4-6-18-15/h3-7H,1-2H3,(H,17,18). The molecule has 0 spiro atoms. The molecular formula is C15H12N4. The number of rotatable bonds is 1. The van der Waals surface area contributed by atoms with Gasteiger partial charge in [-0.05, 0) is 37.6 Å². The van der Waals surface area contributed by atoms with Gasteiger partial charge in [0.25, 0.3) is 0 Å². The lowest BCUT2D eigenvalue weighted by atomic mass is 10.0. The van der Waals surface area contributed by atoms with Crippen LogP contribution in [0.5, 0.6) is 0 Å². The molecule has 19 heavy (non-hydrogen) atoms. The number of aromatic nitrogens is 3. The predicted octanol–water partition coefficient (Wildman–Crippen LogP) is 3.11. The van der Waals surface area contributed by atoms with Gasteiger partial charge in [-0.1, -0.05) is 0 Å². The zero-order valence-electron chi connectivity index (χ0n) is 10.7. The SMILES string of the molecule is Cc1cc(C)c(C#N)c(-c2ccnc3[nH]ccc23)n1. The highest BCUT2D eigenvalue weighted by Gasteiger charge is 2.13. The molecule has 3 aromatic heterocycles. The normalized spacial score (nSPS) is 10.6. The van der Waals surface area contributed by atoms with Gasteiger partial charge in [0.15, 0.2) is 0 Å². The van der Waals surface area contributed by atoms with Crippen molar-refractivity contribution in [1.82, 2.24) is 15.0 Å². The molecule has 0 aliphatic carbocycles. The first kappa shape index (κ1) is 11.4. The Morgan fingerprint density at radius 1 is 1.26 bits per heavy atom. The summed E-state index contributed by atoms with van der Waals surface area (Å²) in [5.41, 5.74) is 4.96. The van der Waals surface area contributed by atoms with Gasteiger partial charge in [-0.25, -0.2) is 4.98 Å². The Morgan fingerprint density at radius 3 is 2.89 bits per heavy atom. The molecule has 3 heterocycles. The number of nitrogens with zero attached hydrogens (tertiary/aromatic N) is 3. The largest absolute Gasteiger partial charge is 0.346 e. The van der Waals surface area contributed by atoms with E-state index < -0.39 is 0 Å². The fourth-order valence-electron chi connectivity index (χ4n) is 2.34. The Labute approximate surface area is 110 Å². The number of H-pyrrole nitrogens is 1. The fourth-order valence-corrected chi connectivity index (χ4v) is 2.34. The van der Waals surface area contributed by atoms with Crippen LogP contribution < -0.4 is 0 Å². The summed E-state index contributed by atoms with van der Waals surface area (Å²) in [7, 11) is 0. The van der Waals surface area contributed by atoms with Crippen molar-refractivity contribution >= 4 is 11.0 Å². The first-order valence-electron chi connectivity index (χ1n) is 6.01. The number of fused-ring (bicyclic) bond motifs is 1. The van der Waals surface area contributed by atoms with Gasteiger partial charge in [0.05, 0.1) is 11.3 Å². The van der Waals surface area contributed by atoms with Crippen LogP contribution in [-0.2, 0) is 0 Å². The van der Waals surface area contributed by atoms with Gasteiger partial charge < -0.3 is 4.98 Å². The van der Waals surface area contributed by atoms with Crippen molar-refractivity contribution in [3.8, 4) is 17.3 Å². The van der Waals surface area contributed by atoms with E-state index >= 15 is 0 Å². The van der Waals surface area contributed by atoms with Gasteiger partial charge in [-0.3, -0.25) is 4.98 Å². The van der Waals surface area contributed by atoms with Crippen molar-refractivity contribution in [2.24, 2.45) is 0 Å². The minimum atomic E-state index is 0.624. The molecule has 3 rings (SSSR count). The summed E-state index contributed by atoms with van der Waals surface area (Å²) in [4.78, 5) is 11.9. The van der Waals surface area contributed by atoms with Gasteiger partial charge in [0.1, 0.15) is 11.7 Å². The van der Waals surface area contributed by atoms with E-state index in [9.17, 15) is 5.26 Å². The lowest BCUT2D eigenvalue weighted by Crippen LogP contribution is -1.96.